The second kappa shape index (κ2) is 4.56. The zero-order valence-electron chi connectivity index (χ0n) is 8.79. The molecule has 1 fully saturated rings. The summed E-state index contributed by atoms with van der Waals surface area (Å²) in [7, 11) is 0. The Morgan fingerprint density at radius 3 is 2.62 bits per heavy atom. The van der Waals surface area contributed by atoms with E-state index < -0.39 is 0 Å². The lowest BCUT2D eigenvalue weighted by Crippen LogP contribution is -2.50. The van der Waals surface area contributed by atoms with Crippen molar-refractivity contribution in [3.05, 3.63) is 12.2 Å². The Labute approximate surface area is 80.6 Å². The lowest BCUT2D eigenvalue weighted by molar-refractivity contribution is -0.117. The molecule has 2 nitrogen and oxygen atoms in total. The number of carbonyl (C=O) groups excluding carboxylic acids is 1. The third kappa shape index (κ3) is 2.96. The third-order valence-corrected chi connectivity index (χ3v) is 2.56. The smallest absolute Gasteiger partial charge is 0.155 e. The highest BCUT2D eigenvalue weighted by Crippen LogP contribution is 2.21. The molecule has 0 aromatic rings. The van der Waals surface area contributed by atoms with Crippen molar-refractivity contribution in [2.45, 2.75) is 33.2 Å². The minimum atomic E-state index is 0.274. The fourth-order valence-electron chi connectivity index (χ4n) is 1.70. The highest BCUT2D eigenvalue weighted by molar-refractivity contribution is 5.89. The van der Waals surface area contributed by atoms with Crippen LogP contribution >= 0.6 is 0 Å². The molecule has 0 N–H and O–H groups in total. The van der Waals surface area contributed by atoms with Crippen molar-refractivity contribution in [3.8, 4) is 0 Å². The minimum Gasteiger partial charge on any atom is -0.300 e. The van der Waals surface area contributed by atoms with Crippen molar-refractivity contribution in [1.82, 2.24) is 4.90 Å². The first-order valence-electron chi connectivity index (χ1n) is 5.03. The van der Waals surface area contributed by atoms with Gasteiger partial charge in [-0.05, 0) is 32.8 Å². The second-order valence-corrected chi connectivity index (χ2v) is 4.08. The van der Waals surface area contributed by atoms with Gasteiger partial charge in [-0.2, -0.15) is 0 Å². The van der Waals surface area contributed by atoms with Gasteiger partial charge in [0.15, 0.2) is 5.78 Å². The van der Waals surface area contributed by atoms with Crippen LogP contribution in [0.2, 0.25) is 0 Å². The molecule has 0 radical (unpaired) electrons. The summed E-state index contributed by atoms with van der Waals surface area (Å²) in [6, 6.07) is 0.632. The summed E-state index contributed by atoms with van der Waals surface area (Å²) in [5.74, 6) is 0.877. The molecular formula is C11H19NO. The zero-order valence-corrected chi connectivity index (χ0v) is 8.79. The fourth-order valence-corrected chi connectivity index (χ4v) is 1.70. The van der Waals surface area contributed by atoms with Gasteiger partial charge < -0.3 is 4.90 Å². The Morgan fingerprint density at radius 1 is 1.54 bits per heavy atom. The van der Waals surface area contributed by atoms with Gasteiger partial charge in [-0.3, -0.25) is 4.79 Å². The molecule has 74 valence electrons. The van der Waals surface area contributed by atoms with E-state index in [-0.39, 0.29) is 5.78 Å². The number of hydrogen-bond donors (Lipinski definition) is 0. The van der Waals surface area contributed by atoms with Gasteiger partial charge in [0.2, 0.25) is 0 Å². The van der Waals surface area contributed by atoms with Gasteiger partial charge in [0.05, 0.1) is 0 Å². The van der Waals surface area contributed by atoms with Crippen LogP contribution in [0, 0.1) is 5.92 Å². The Hall–Kier alpha value is -0.630. The molecule has 0 spiro atoms. The molecule has 0 amide bonds. The standard InChI is InChI=1S/C11H19NO/c1-4-5-11(13)6-10-7-12(8-10)9(2)3/h4-5,9-10H,6-8H2,1-3H3/b5-4+. The van der Waals surface area contributed by atoms with Crippen LogP contribution in [-0.2, 0) is 4.79 Å². The van der Waals surface area contributed by atoms with Crippen molar-refractivity contribution in [1.29, 1.82) is 0 Å². The highest BCUT2D eigenvalue weighted by atomic mass is 16.1. The Kier molecular flexibility index (Phi) is 3.67. The van der Waals surface area contributed by atoms with Gasteiger partial charge in [-0.15, -0.1) is 0 Å². The number of allylic oxidation sites excluding steroid dienone is 2. The molecule has 1 aliphatic heterocycles. The monoisotopic (exact) mass is 181 g/mol. The average molecular weight is 181 g/mol. The van der Waals surface area contributed by atoms with E-state index in [0.29, 0.717) is 12.0 Å². The average Bonchev–Trinajstić information content (AvgIpc) is 1.95. The van der Waals surface area contributed by atoms with Crippen LogP contribution in [0.3, 0.4) is 0 Å². The predicted octanol–water partition coefficient (Wildman–Crippen LogP) is 1.86. The summed E-state index contributed by atoms with van der Waals surface area (Å²) in [6.07, 6.45) is 4.23. The first-order valence-corrected chi connectivity index (χ1v) is 5.03. The largest absolute Gasteiger partial charge is 0.300 e. The van der Waals surface area contributed by atoms with Gasteiger partial charge in [0.25, 0.3) is 0 Å². The number of ketones is 1. The number of hydrogen-bond acceptors (Lipinski definition) is 2. The third-order valence-electron chi connectivity index (χ3n) is 2.56. The molecule has 0 unspecified atom stereocenters. The predicted molar refractivity (Wildman–Crippen MR) is 54.6 cm³/mol. The molecule has 0 aromatic heterocycles. The van der Waals surface area contributed by atoms with Crippen molar-refractivity contribution in [3.63, 3.8) is 0 Å². The summed E-state index contributed by atoms with van der Waals surface area (Å²) in [4.78, 5) is 13.6. The topological polar surface area (TPSA) is 20.3 Å². The van der Waals surface area contributed by atoms with Crippen LogP contribution < -0.4 is 0 Å². The van der Waals surface area contributed by atoms with E-state index in [9.17, 15) is 4.79 Å². The number of carbonyl (C=O) groups is 1. The van der Waals surface area contributed by atoms with E-state index >= 15 is 0 Å². The van der Waals surface area contributed by atoms with Crippen LogP contribution in [0.15, 0.2) is 12.2 Å². The molecular weight excluding hydrogens is 162 g/mol. The quantitative estimate of drug-likeness (QED) is 0.617. The van der Waals surface area contributed by atoms with Gasteiger partial charge >= 0.3 is 0 Å². The van der Waals surface area contributed by atoms with Gasteiger partial charge in [0.1, 0.15) is 0 Å². The van der Waals surface area contributed by atoms with Crippen LogP contribution in [0.4, 0.5) is 0 Å². The molecule has 0 bridgehead atoms. The SMILES string of the molecule is C/C=C/C(=O)CC1CN(C(C)C)C1. The van der Waals surface area contributed by atoms with E-state index in [1.807, 2.05) is 13.0 Å². The van der Waals surface area contributed by atoms with Crippen LogP contribution in [0.5, 0.6) is 0 Å². The molecule has 1 saturated heterocycles. The molecule has 0 saturated carbocycles. The Balaban J connectivity index is 2.18. The maximum atomic E-state index is 11.2. The lowest BCUT2D eigenvalue weighted by atomic mass is 9.93. The van der Waals surface area contributed by atoms with Crippen LogP contribution in [-0.4, -0.2) is 29.8 Å². The van der Waals surface area contributed by atoms with Gasteiger partial charge in [-0.1, -0.05) is 6.08 Å². The first kappa shape index (κ1) is 10.5. The summed E-state index contributed by atoms with van der Waals surface area (Å²) in [6.45, 7) is 8.48. The molecule has 1 heterocycles. The van der Waals surface area contributed by atoms with Crippen molar-refractivity contribution in [2.75, 3.05) is 13.1 Å². The Bertz CT molecular complexity index is 202. The van der Waals surface area contributed by atoms with Crippen molar-refractivity contribution in [2.24, 2.45) is 5.92 Å². The molecule has 0 aromatic carbocycles. The summed E-state index contributed by atoms with van der Waals surface area (Å²) in [5.41, 5.74) is 0. The number of likely N-dealkylation sites (tertiary alicyclic amines) is 1. The second-order valence-electron chi connectivity index (χ2n) is 4.08. The zero-order chi connectivity index (χ0) is 9.84. The summed E-state index contributed by atoms with van der Waals surface area (Å²) in [5, 5.41) is 0. The molecule has 1 aliphatic rings. The highest BCUT2D eigenvalue weighted by Gasteiger charge is 2.29. The first-order chi connectivity index (χ1) is 6.13. The fraction of sp³-hybridized carbons (Fsp3) is 0.727. The molecule has 0 aliphatic carbocycles. The van der Waals surface area contributed by atoms with Gasteiger partial charge in [0, 0.05) is 25.6 Å². The van der Waals surface area contributed by atoms with Gasteiger partial charge in [-0.25, -0.2) is 0 Å². The maximum Gasteiger partial charge on any atom is 0.155 e. The number of rotatable bonds is 4. The normalized spacial score (nSPS) is 19.7. The molecule has 1 rings (SSSR count). The lowest BCUT2D eigenvalue weighted by Gasteiger charge is -2.41. The van der Waals surface area contributed by atoms with E-state index in [0.717, 1.165) is 19.5 Å². The molecule has 13 heavy (non-hydrogen) atoms. The van der Waals surface area contributed by atoms with Crippen molar-refractivity contribution < 1.29 is 4.79 Å². The Morgan fingerprint density at radius 2 is 2.15 bits per heavy atom. The maximum absolute atomic E-state index is 11.2. The molecule has 0 atom stereocenters. The van der Waals surface area contributed by atoms with E-state index in [1.165, 1.54) is 0 Å². The minimum absolute atomic E-state index is 0.274. The van der Waals surface area contributed by atoms with E-state index in [1.54, 1.807) is 6.08 Å². The molecule has 2 heteroatoms. The van der Waals surface area contributed by atoms with E-state index in [4.69, 9.17) is 0 Å². The van der Waals surface area contributed by atoms with Crippen molar-refractivity contribution >= 4 is 5.78 Å². The van der Waals surface area contributed by atoms with Crippen LogP contribution in [0.1, 0.15) is 27.2 Å². The van der Waals surface area contributed by atoms with Crippen LogP contribution in [0.25, 0.3) is 0 Å². The number of nitrogens with zero attached hydrogens (tertiary/aromatic N) is 1. The summed E-state index contributed by atoms with van der Waals surface area (Å²) < 4.78 is 0. The van der Waals surface area contributed by atoms with E-state index in [2.05, 4.69) is 18.7 Å². The summed E-state index contributed by atoms with van der Waals surface area (Å²) >= 11 is 0.